The predicted molar refractivity (Wildman–Crippen MR) is 79.8 cm³/mol. The Kier molecular flexibility index (Phi) is 5.67. The van der Waals surface area contributed by atoms with Crippen LogP contribution in [0.3, 0.4) is 0 Å². The van der Waals surface area contributed by atoms with E-state index in [1.54, 1.807) is 7.11 Å². The lowest BCUT2D eigenvalue weighted by atomic mass is 9.97. The number of nitrogens with zero attached hydrogens (tertiary/aromatic N) is 1. The van der Waals surface area contributed by atoms with Gasteiger partial charge in [-0.2, -0.15) is 0 Å². The molecule has 3 heteroatoms. The second-order valence-corrected chi connectivity index (χ2v) is 5.55. The van der Waals surface area contributed by atoms with Crippen molar-refractivity contribution in [1.29, 1.82) is 0 Å². The average molecular weight is 262 g/mol. The lowest BCUT2D eigenvalue weighted by Gasteiger charge is -2.29. The Morgan fingerprint density at radius 1 is 1.21 bits per heavy atom. The third-order valence-corrected chi connectivity index (χ3v) is 4.02. The molecule has 0 amide bonds. The molecule has 1 aliphatic rings. The maximum atomic E-state index is 5.16. The lowest BCUT2D eigenvalue weighted by molar-refractivity contribution is 0.216. The summed E-state index contributed by atoms with van der Waals surface area (Å²) in [5, 5.41) is 3.60. The van der Waals surface area contributed by atoms with E-state index in [-0.39, 0.29) is 0 Å². The lowest BCUT2D eigenvalue weighted by Crippen LogP contribution is -2.35. The summed E-state index contributed by atoms with van der Waals surface area (Å²) in [6.45, 7) is 4.75. The van der Waals surface area contributed by atoms with Crippen LogP contribution in [-0.4, -0.2) is 45.2 Å². The SMILES string of the molecule is COc1ccc(CCNCC2CCN(C)CC2)cc1. The normalized spacial score (nSPS) is 17.6. The highest BCUT2D eigenvalue weighted by molar-refractivity contribution is 5.27. The van der Waals surface area contributed by atoms with Crippen molar-refractivity contribution in [1.82, 2.24) is 10.2 Å². The van der Waals surface area contributed by atoms with Gasteiger partial charge in [0.1, 0.15) is 5.75 Å². The molecule has 106 valence electrons. The smallest absolute Gasteiger partial charge is 0.118 e. The highest BCUT2D eigenvalue weighted by Gasteiger charge is 2.15. The Labute approximate surface area is 116 Å². The van der Waals surface area contributed by atoms with Gasteiger partial charge in [0.15, 0.2) is 0 Å². The molecule has 19 heavy (non-hydrogen) atoms. The molecule has 1 N–H and O–H groups in total. The fourth-order valence-electron chi connectivity index (χ4n) is 2.60. The van der Waals surface area contributed by atoms with E-state index in [4.69, 9.17) is 4.74 Å². The van der Waals surface area contributed by atoms with Crippen molar-refractivity contribution in [3.05, 3.63) is 29.8 Å². The topological polar surface area (TPSA) is 24.5 Å². The van der Waals surface area contributed by atoms with Crippen molar-refractivity contribution in [2.24, 2.45) is 5.92 Å². The molecule has 1 fully saturated rings. The first-order valence-electron chi connectivity index (χ1n) is 7.30. The number of likely N-dealkylation sites (tertiary alicyclic amines) is 1. The average Bonchev–Trinajstić information content (AvgIpc) is 2.46. The van der Waals surface area contributed by atoms with Gasteiger partial charge >= 0.3 is 0 Å². The van der Waals surface area contributed by atoms with E-state index in [2.05, 4.69) is 29.4 Å². The molecule has 2 rings (SSSR count). The van der Waals surface area contributed by atoms with Crippen molar-refractivity contribution in [2.75, 3.05) is 40.3 Å². The molecule has 1 aromatic rings. The zero-order valence-corrected chi connectivity index (χ0v) is 12.2. The van der Waals surface area contributed by atoms with Gasteiger partial charge in [0, 0.05) is 0 Å². The summed E-state index contributed by atoms with van der Waals surface area (Å²) < 4.78 is 5.16. The number of piperidine rings is 1. The van der Waals surface area contributed by atoms with Crippen molar-refractivity contribution in [2.45, 2.75) is 19.3 Å². The van der Waals surface area contributed by atoms with Gasteiger partial charge in [0.05, 0.1) is 7.11 Å². The van der Waals surface area contributed by atoms with Gasteiger partial charge in [-0.25, -0.2) is 0 Å². The summed E-state index contributed by atoms with van der Waals surface area (Å²) in [5.74, 6) is 1.80. The van der Waals surface area contributed by atoms with Gasteiger partial charge in [-0.3, -0.25) is 0 Å². The molecule has 0 bridgehead atoms. The fourth-order valence-corrected chi connectivity index (χ4v) is 2.60. The quantitative estimate of drug-likeness (QED) is 0.795. The zero-order chi connectivity index (χ0) is 13.5. The van der Waals surface area contributed by atoms with Crippen LogP contribution in [0, 0.1) is 5.92 Å². The highest BCUT2D eigenvalue weighted by Crippen LogP contribution is 2.15. The molecule has 0 unspecified atom stereocenters. The van der Waals surface area contributed by atoms with Crippen LogP contribution in [0.15, 0.2) is 24.3 Å². The maximum absolute atomic E-state index is 5.16. The molecule has 0 spiro atoms. The van der Waals surface area contributed by atoms with Crippen LogP contribution in [0.4, 0.5) is 0 Å². The molecular formula is C16H26N2O. The number of methoxy groups -OCH3 is 1. The fraction of sp³-hybridized carbons (Fsp3) is 0.625. The Bertz CT molecular complexity index is 356. The van der Waals surface area contributed by atoms with Gasteiger partial charge in [0.2, 0.25) is 0 Å². The summed E-state index contributed by atoms with van der Waals surface area (Å²) >= 11 is 0. The van der Waals surface area contributed by atoms with Crippen molar-refractivity contribution in [3.8, 4) is 5.75 Å². The summed E-state index contributed by atoms with van der Waals surface area (Å²) in [6, 6.07) is 8.37. The highest BCUT2D eigenvalue weighted by atomic mass is 16.5. The van der Waals surface area contributed by atoms with E-state index >= 15 is 0 Å². The molecule has 0 aliphatic carbocycles. The van der Waals surface area contributed by atoms with Gasteiger partial charge in [-0.05, 0) is 76.1 Å². The van der Waals surface area contributed by atoms with Gasteiger partial charge in [-0.15, -0.1) is 0 Å². The first kappa shape index (κ1) is 14.4. The third kappa shape index (κ3) is 4.84. The van der Waals surface area contributed by atoms with Crippen LogP contribution in [-0.2, 0) is 6.42 Å². The predicted octanol–water partition coefficient (Wildman–Crippen LogP) is 2.17. The second kappa shape index (κ2) is 7.51. The van der Waals surface area contributed by atoms with E-state index in [1.807, 2.05) is 12.1 Å². The van der Waals surface area contributed by atoms with Gasteiger partial charge < -0.3 is 15.0 Å². The Morgan fingerprint density at radius 3 is 2.53 bits per heavy atom. The second-order valence-electron chi connectivity index (χ2n) is 5.55. The number of rotatable bonds is 6. The van der Waals surface area contributed by atoms with E-state index in [9.17, 15) is 0 Å². The number of hydrogen-bond donors (Lipinski definition) is 1. The van der Waals surface area contributed by atoms with Crippen molar-refractivity contribution in [3.63, 3.8) is 0 Å². The van der Waals surface area contributed by atoms with E-state index < -0.39 is 0 Å². The first-order valence-corrected chi connectivity index (χ1v) is 7.30. The zero-order valence-electron chi connectivity index (χ0n) is 12.2. The molecule has 1 saturated heterocycles. The molecule has 0 saturated carbocycles. The van der Waals surface area contributed by atoms with Crippen molar-refractivity contribution < 1.29 is 4.74 Å². The van der Waals surface area contributed by atoms with Crippen LogP contribution in [0.2, 0.25) is 0 Å². The molecule has 0 aromatic heterocycles. The monoisotopic (exact) mass is 262 g/mol. The van der Waals surface area contributed by atoms with Crippen LogP contribution >= 0.6 is 0 Å². The van der Waals surface area contributed by atoms with Crippen LogP contribution in [0.5, 0.6) is 5.75 Å². The number of hydrogen-bond acceptors (Lipinski definition) is 3. The van der Waals surface area contributed by atoms with Crippen LogP contribution < -0.4 is 10.1 Å². The molecule has 1 heterocycles. The molecule has 0 radical (unpaired) electrons. The molecule has 0 atom stereocenters. The van der Waals surface area contributed by atoms with E-state index in [1.165, 1.54) is 38.0 Å². The maximum Gasteiger partial charge on any atom is 0.118 e. The minimum absolute atomic E-state index is 0.868. The van der Waals surface area contributed by atoms with Crippen molar-refractivity contribution >= 4 is 0 Å². The minimum atomic E-state index is 0.868. The standard InChI is InChI=1S/C16H26N2O/c1-18-11-8-15(9-12-18)13-17-10-7-14-3-5-16(19-2)6-4-14/h3-6,15,17H,7-13H2,1-2H3. The molecule has 3 nitrogen and oxygen atoms in total. The summed E-state index contributed by atoms with van der Waals surface area (Å²) in [7, 11) is 3.92. The number of nitrogens with one attached hydrogen (secondary N) is 1. The minimum Gasteiger partial charge on any atom is -0.497 e. The molecular weight excluding hydrogens is 236 g/mol. The van der Waals surface area contributed by atoms with E-state index in [0.29, 0.717) is 0 Å². The largest absolute Gasteiger partial charge is 0.497 e. The van der Waals surface area contributed by atoms with E-state index in [0.717, 1.165) is 24.6 Å². The molecule has 1 aliphatic heterocycles. The number of ether oxygens (including phenoxy) is 1. The summed E-state index contributed by atoms with van der Waals surface area (Å²) in [4.78, 5) is 2.42. The first-order chi connectivity index (χ1) is 9.28. The Hall–Kier alpha value is -1.06. The number of benzene rings is 1. The van der Waals surface area contributed by atoms with Crippen LogP contribution in [0.25, 0.3) is 0 Å². The van der Waals surface area contributed by atoms with Crippen LogP contribution in [0.1, 0.15) is 18.4 Å². The molecule has 1 aromatic carbocycles. The third-order valence-electron chi connectivity index (χ3n) is 4.02. The van der Waals surface area contributed by atoms with Gasteiger partial charge in [-0.1, -0.05) is 12.1 Å². The summed E-state index contributed by atoms with van der Waals surface area (Å²) in [6.07, 6.45) is 3.77. The van der Waals surface area contributed by atoms with Gasteiger partial charge in [0.25, 0.3) is 0 Å². The Morgan fingerprint density at radius 2 is 1.89 bits per heavy atom. The Balaban J connectivity index is 1.61. The summed E-state index contributed by atoms with van der Waals surface area (Å²) in [5.41, 5.74) is 1.37.